The topological polar surface area (TPSA) is 111 Å². The molecule has 0 aliphatic rings. The second-order valence-corrected chi connectivity index (χ2v) is 5.41. The summed E-state index contributed by atoms with van der Waals surface area (Å²) < 4.78 is 10.4. The van der Waals surface area contributed by atoms with Crippen LogP contribution in [0.5, 0.6) is 5.88 Å². The lowest BCUT2D eigenvalue weighted by atomic mass is 10.2. The number of carboxylic acid groups (broad SMARTS) is 1. The Bertz CT molecular complexity index is 513. The second kappa shape index (κ2) is 6.87. The van der Waals surface area contributed by atoms with Crippen molar-refractivity contribution in [1.82, 2.24) is 15.3 Å². The van der Waals surface area contributed by atoms with E-state index in [9.17, 15) is 9.59 Å². The third kappa shape index (κ3) is 6.55. The van der Waals surface area contributed by atoms with E-state index in [0.29, 0.717) is 0 Å². The van der Waals surface area contributed by atoms with Gasteiger partial charge >= 0.3 is 12.1 Å². The quantitative estimate of drug-likeness (QED) is 0.846. The van der Waals surface area contributed by atoms with Crippen LogP contribution in [0, 0.1) is 0 Å². The summed E-state index contributed by atoms with van der Waals surface area (Å²) in [6, 6.07) is -0.338. The molecule has 8 heteroatoms. The smallest absolute Gasteiger partial charge is 0.407 e. The maximum atomic E-state index is 11.5. The van der Waals surface area contributed by atoms with Gasteiger partial charge in [-0.3, -0.25) is 4.98 Å². The van der Waals surface area contributed by atoms with Crippen LogP contribution in [-0.4, -0.2) is 45.4 Å². The average Bonchev–Trinajstić information content (AvgIpc) is 2.34. The van der Waals surface area contributed by atoms with Crippen LogP contribution in [0.25, 0.3) is 0 Å². The van der Waals surface area contributed by atoms with E-state index in [0.717, 1.165) is 6.20 Å². The van der Waals surface area contributed by atoms with Gasteiger partial charge in [-0.2, -0.15) is 0 Å². The first-order valence-corrected chi connectivity index (χ1v) is 6.35. The van der Waals surface area contributed by atoms with Crippen LogP contribution in [0.1, 0.15) is 38.2 Å². The van der Waals surface area contributed by atoms with E-state index in [1.807, 2.05) is 0 Å². The Balaban J connectivity index is 2.46. The van der Waals surface area contributed by atoms with Gasteiger partial charge in [-0.25, -0.2) is 14.6 Å². The SMILES string of the molecule is CC(COc1cncc(C(=O)O)n1)NC(=O)OC(C)(C)C. The molecular weight excluding hydrogens is 278 g/mol. The van der Waals surface area contributed by atoms with Crippen molar-refractivity contribution in [2.45, 2.75) is 39.3 Å². The Morgan fingerprint density at radius 1 is 1.38 bits per heavy atom. The Morgan fingerprint density at radius 3 is 2.62 bits per heavy atom. The number of amides is 1. The molecule has 8 nitrogen and oxygen atoms in total. The lowest BCUT2D eigenvalue weighted by molar-refractivity contribution is 0.0493. The summed E-state index contributed by atoms with van der Waals surface area (Å²) in [6.45, 7) is 7.12. The average molecular weight is 297 g/mol. The molecule has 1 amide bonds. The highest BCUT2D eigenvalue weighted by Crippen LogP contribution is 2.08. The van der Waals surface area contributed by atoms with Crippen LogP contribution >= 0.6 is 0 Å². The van der Waals surface area contributed by atoms with Crippen LogP contribution in [0.2, 0.25) is 0 Å². The van der Waals surface area contributed by atoms with Gasteiger partial charge in [0.15, 0.2) is 5.69 Å². The molecule has 0 saturated carbocycles. The fourth-order valence-corrected chi connectivity index (χ4v) is 1.28. The third-order valence-corrected chi connectivity index (χ3v) is 2.08. The predicted molar refractivity (Wildman–Crippen MR) is 73.3 cm³/mol. The number of carboxylic acids is 1. The Hall–Kier alpha value is -2.38. The number of alkyl carbamates (subject to hydrolysis) is 1. The Kier molecular flexibility index (Phi) is 5.45. The van der Waals surface area contributed by atoms with Crippen molar-refractivity contribution in [2.24, 2.45) is 0 Å². The number of nitrogens with one attached hydrogen (secondary N) is 1. The zero-order valence-electron chi connectivity index (χ0n) is 12.4. The van der Waals surface area contributed by atoms with Crippen molar-refractivity contribution >= 4 is 12.1 Å². The van der Waals surface area contributed by atoms with Crippen molar-refractivity contribution in [2.75, 3.05) is 6.61 Å². The number of hydrogen-bond acceptors (Lipinski definition) is 6. The summed E-state index contributed by atoms with van der Waals surface area (Å²) in [5.74, 6) is -1.11. The molecule has 0 aromatic carbocycles. The fourth-order valence-electron chi connectivity index (χ4n) is 1.28. The van der Waals surface area contributed by atoms with E-state index in [-0.39, 0.29) is 24.2 Å². The van der Waals surface area contributed by atoms with Gasteiger partial charge < -0.3 is 19.9 Å². The summed E-state index contributed by atoms with van der Waals surface area (Å²) in [4.78, 5) is 29.7. The second-order valence-electron chi connectivity index (χ2n) is 5.41. The van der Waals surface area contributed by atoms with Crippen molar-refractivity contribution in [3.63, 3.8) is 0 Å². The van der Waals surface area contributed by atoms with E-state index in [1.165, 1.54) is 6.20 Å². The molecule has 0 aliphatic heterocycles. The molecule has 0 aliphatic carbocycles. The maximum Gasteiger partial charge on any atom is 0.407 e. The number of aromatic carboxylic acids is 1. The number of ether oxygens (including phenoxy) is 2. The van der Waals surface area contributed by atoms with E-state index in [4.69, 9.17) is 14.6 Å². The molecule has 116 valence electrons. The van der Waals surface area contributed by atoms with Crippen molar-refractivity contribution in [3.05, 3.63) is 18.1 Å². The molecule has 1 heterocycles. The molecule has 0 saturated heterocycles. The molecule has 1 atom stereocenters. The summed E-state index contributed by atoms with van der Waals surface area (Å²) in [7, 11) is 0. The van der Waals surface area contributed by atoms with Crippen molar-refractivity contribution in [3.8, 4) is 5.88 Å². The number of nitrogens with zero attached hydrogens (tertiary/aromatic N) is 2. The van der Waals surface area contributed by atoms with Crippen LogP contribution in [0.3, 0.4) is 0 Å². The highest BCUT2D eigenvalue weighted by Gasteiger charge is 2.18. The summed E-state index contributed by atoms with van der Waals surface area (Å²) >= 11 is 0. The normalized spacial score (nSPS) is 12.4. The van der Waals surface area contributed by atoms with Crippen LogP contribution < -0.4 is 10.1 Å². The van der Waals surface area contributed by atoms with Crippen LogP contribution in [-0.2, 0) is 4.74 Å². The van der Waals surface area contributed by atoms with Gasteiger partial charge in [-0.1, -0.05) is 0 Å². The van der Waals surface area contributed by atoms with Gasteiger partial charge in [0, 0.05) is 0 Å². The number of carbonyl (C=O) groups is 2. The number of carbonyl (C=O) groups excluding carboxylic acids is 1. The van der Waals surface area contributed by atoms with Gasteiger partial charge in [0.05, 0.1) is 18.4 Å². The highest BCUT2D eigenvalue weighted by molar-refractivity contribution is 5.84. The van der Waals surface area contributed by atoms with Crippen LogP contribution in [0.4, 0.5) is 4.79 Å². The molecule has 0 radical (unpaired) electrons. The minimum absolute atomic E-state index is 0.0766. The molecule has 1 unspecified atom stereocenters. The molecule has 0 spiro atoms. The standard InChI is InChI=1S/C13H19N3O5/c1-8(15-12(19)21-13(2,3)4)7-20-10-6-14-5-9(16-10)11(17)18/h5-6,8H,7H2,1-4H3,(H,15,19)(H,17,18). The molecule has 21 heavy (non-hydrogen) atoms. The van der Waals surface area contributed by atoms with Gasteiger partial charge in [0.2, 0.25) is 5.88 Å². The van der Waals surface area contributed by atoms with Gasteiger partial charge in [-0.05, 0) is 27.7 Å². The highest BCUT2D eigenvalue weighted by atomic mass is 16.6. The van der Waals surface area contributed by atoms with E-state index >= 15 is 0 Å². The fraction of sp³-hybridized carbons (Fsp3) is 0.538. The van der Waals surface area contributed by atoms with Gasteiger partial charge in [-0.15, -0.1) is 0 Å². The summed E-state index contributed by atoms with van der Waals surface area (Å²) in [5, 5.41) is 11.4. The summed E-state index contributed by atoms with van der Waals surface area (Å²) in [5.41, 5.74) is -0.786. The third-order valence-electron chi connectivity index (χ3n) is 2.08. The lowest BCUT2D eigenvalue weighted by Gasteiger charge is -2.21. The predicted octanol–water partition coefficient (Wildman–Crippen LogP) is 1.47. The number of hydrogen-bond donors (Lipinski definition) is 2. The number of rotatable bonds is 5. The lowest BCUT2D eigenvalue weighted by Crippen LogP contribution is -2.40. The molecule has 1 rings (SSSR count). The number of aromatic nitrogens is 2. The van der Waals surface area contributed by atoms with E-state index < -0.39 is 17.7 Å². The van der Waals surface area contributed by atoms with Gasteiger partial charge in [0.1, 0.15) is 12.2 Å². The zero-order chi connectivity index (χ0) is 16.0. The summed E-state index contributed by atoms with van der Waals surface area (Å²) in [6.07, 6.45) is 1.87. The van der Waals surface area contributed by atoms with Crippen LogP contribution in [0.15, 0.2) is 12.4 Å². The molecule has 0 bridgehead atoms. The largest absolute Gasteiger partial charge is 0.476 e. The Labute approximate surface area is 122 Å². The minimum Gasteiger partial charge on any atom is -0.476 e. The van der Waals surface area contributed by atoms with Crippen molar-refractivity contribution in [1.29, 1.82) is 0 Å². The molecule has 0 fully saturated rings. The molecule has 1 aromatic heterocycles. The van der Waals surface area contributed by atoms with Gasteiger partial charge in [0.25, 0.3) is 0 Å². The maximum absolute atomic E-state index is 11.5. The first-order valence-electron chi connectivity index (χ1n) is 6.35. The van der Waals surface area contributed by atoms with E-state index in [2.05, 4.69) is 15.3 Å². The first-order chi connectivity index (χ1) is 9.67. The minimum atomic E-state index is -1.19. The van der Waals surface area contributed by atoms with Crippen molar-refractivity contribution < 1.29 is 24.2 Å². The van der Waals surface area contributed by atoms with E-state index in [1.54, 1.807) is 27.7 Å². The molecule has 2 N–H and O–H groups in total. The molecule has 1 aromatic rings. The zero-order valence-corrected chi connectivity index (χ0v) is 12.4. The first kappa shape index (κ1) is 16.7. The molecular formula is C13H19N3O5. The Morgan fingerprint density at radius 2 is 2.05 bits per heavy atom. The monoisotopic (exact) mass is 297 g/mol.